The fourth-order valence-corrected chi connectivity index (χ4v) is 7.10. The quantitative estimate of drug-likeness (QED) is 0.105. The summed E-state index contributed by atoms with van der Waals surface area (Å²) in [7, 11) is -2.31. The minimum absolute atomic E-state index is 0.114. The lowest BCUT2D eigenvalue weighted by Crippen LogP contribution is -2.61. The van der Waals surface area contributed by atoms with Crippen LogP contribution >= 0.6 is 34.8 Å². The lowest BCUT2D eigenvalue weighted by Gasteiger charge is -2.40. The average molecular weight is 815 g/mol. The number of carbonyl (C=O) groups excluding carboxylic acids is 4. The highest BCUT2D eigenvalue weighted by Crippen LogP contribution is 2.38. The first-order valence-corrected chi connectivity index (χ1v) is 21.9. The van der Waals surface area contributed by atoms with Gasteiger partial charge in [0.15, 0.2) is 8.32 Å². The van der Waals surface area contributed by atoms with E-state index >= 15 is 0 Å². The number of pyridine rings is 1. The molecule has 3 rings (SSSR count). The Kier molecular flexibility index (Phi) is 15.7. The highest BCUT2D eigenvalue weighted by Gasteiger charge is 2.41. The number of esters is 1. The molecule has 0 spiro atoms. The Morgan fingerprint density at radius 1 is 1.06 bits per heavy atom. The van der Waals surface area contributed by atoms with Gasteiger partial charge in [0.1, 0.15) is 24.7 Å². The van der Waals surface area contributed by atoms with Gasteiger partial charge in [-0.25, -0.2) is 5.43 Å². The van der Waals surface area contributed by atoms with Crippen LogP contribution in [0.1, 0.15) is 72.6 Å². The van der Waals surface area contributed by atoms with Gasteiger partial charge in [0.25, 0.3) is 5.91 Å². The summed E-state index contributed by atoms with van der Waals surface area (Å²) in [4.78, 5) is 58.2. The highest BCUT2D eigenvalue weighted by atomic mass is 35.6. The Balaban J connectivity index is 1.79. The zero-order valence-electron chi connectivity index (χ0n) is 32.0. The first kappa shape index (κ1) is 44.6. The summed E-state index contributed by atoms with van der Waals surface area (Å²) in [5.41, 5.74) is 4.91. The second-order valence-corrected chi connectivity index (χ2v) is 22.7. The normalized spacial score (nSPS) is 18.1. The van der Waals surface area contributed by atoms with Crippen LogP contribution < -0.4 is 16.1 Å². The van der Waals surface area contributed by atoms with Gasteiger partial charge in [0.2, 0.25) is 15.6 Å². The number of nitrogens with one attached hydrogen (secondary N) is 3. The molecule has 4 N–H and O–H groups in total. The molecule has 0 aliphatic carbocycles. The maximum absolute atomic E-state index is 14.1. The first-order valence-electron chi connectivity index (χ1n) is 17.8. The third kappa shape index (κ3) is 12.9. The van der Waals surface area contributed by atoms with Crippen molar-refractivity contribution in [1.82, 2.24) is 26.1 Å². The number of benzene rings is 1. The molecule has 16 heteroatoms. The van der Waals surface area contributed by atoms with Crippen LogP contribution in [-0.4, -0.2) is 88.3 Å². The summed E-state index contributed by atoms with van der Waals surface area (Å²) >= 11 is 17.1. The Morgan fingerprint density at radius 2 is 1.72 bits per heavy atom. The average Bonchev–Trinajstić information content (AvgIpc) is 3.07. The molecule has 5 atom stereocenters. The number of amides is 3. The minimum atomic E-state index is -2.31. The van der Waals surface area contributed by atoms with Crippen molar-refractivity contribution in [2.45, 2.75) is 114 Å². The molecule has 2 heterocycles. The minimum Gasteiger partial charge on any atom is -0.460 e. The second-order valence-electron chi connectivity index (χ2n) is 15.4. The van der Waals surface area contributed by atoms with Crippen LogP contribution in [0.25, 0.3) is 17.0 Å². The zero-order chi connectivity index (χ0) is 39.9. The Morgan fingerprint density at radius 3 is 2.32 bits per heavy atom. The number of rotatable bonds is 14. The number of hydrazine groups is 1. The van der Waals surface area contributed by atoms with Crippen LogP contribution in [0.5, 0.6) is 0 Å². The van der Waals surface area contributed by atoms with Crippen LogP contribution in [-0.2, 0) is 34.9 Å². The smallest absolute Gasteiger partial charge is 0.325 e. The lowest BCUT2D eigenvalue weighted by molar-refractivity contribution is -0.152. The van der Waals surface area contributed by atoms with Gasteiger partial charge in [-0.1, -0.05) is 99.8 Å². The predicted molar refractivity (Wildman–Crippen MR) is 211 cm³/mol. The van der Waals surface area contributed by atoms with Crippen molar-refractivity contribution >= 4 is 83.8 Å². The molecule has 1 saturated heterocycles. The molecule has 0 bridgehead atoms. The molecular formula is C37H54Cl3N5O7Si. The molecule has 3 amide bonds. The van der Waals surface area contributed by atoms with Crippen LogP contribution in [0.3, 0.4) is 0 Å². The van der Waals surface area contributed by atoms with Gasteiger partial charge in [0.05, 0.1) is 29.8 Å². The maximum Gasteiger partial charge on any atom is 0.325 e. The monoisotopic (exact) mass is 813 g/mol. The molecule has 53 heavy (non-hydrogen) atoms. The number of aromatic nitrogens is 1. The van der Waals surface area contributed by atoms with E-state index < -0.39 is 72.6 Å². The van der Waals surface area contributed by atoms with Crippen LogP contribution in [0.4, 0.5) is 0 Å². The molecule has 0 radical (unpaired) electrons. The molecule has 1 aromatic heterocycles. The van der Waals surface area contributed by atoms with Gasteiger partial charge in [-0.2, -0.15) is 0 Å². The fourth-order valence-electron chi connectivity index (χ4n) is 5.51. The number of aliphatic hydroxyl groups excluding tert-OH is 1. The predicted octanol–water partition coefficient (Wildman–Crippen LogP) is 5.82. The van der Waals surface area contributed by atoms with Gasteiger partial charge in [-0.15, -0.1) is 0 Å². The number of nitrogens with zero attached hydrogens (tertiary/aromatic N) is 2. The topological polar surface area (TPSA) is 159 Å². The summed E-state index contributed by atoms with van der Waals surface area (Å²) in [5.74, 6) is -3.20. The van der Waals surface area contributed by atoms with E-state index in [0.717, 1.165) is 10.9 Å². The van der Waals surface area contributed by atoms with E-state index in [2.05, 4.69) is 54.9 Å². The number of alkyl halides is 3. The summed E-state index contributed by atoms with van der Waals surface area (Å²) in [6.45, 7) is 17.3. The molecule has 1 aliphatic rings. The SMILES string of the molecule is CC(C)C(NC(=O)C(/C=C/c1ccc2ccc(CO)nc2c1)[C@H](C)O[Si](C)(C)C(C)(C)C)C(=O)N[C@@H](C)C(=O)N1CCCC(C(=O)OCC(Cl)(Cl)Cl)N1. The van der Waals surface area contributed by atoms with E-state index in [1.54, 1.807) is 26.0 Å². The van der Waals surface area contributed by atoms with Crippen LogP contribution in [0, 0.1) is 11.8 Å². The van der Waals surface area contributed by atoms with Crippen molar-refractivity contribution in [3.8, 4) is 0 Å². The van der Waals surface area contributed by atoms with Crippen molar-refractivity contribution in [2.24, 2.45) is 11.8 Å². The van der Waals surface area contributed by atoms with Gasteiger partial charge in [-0.05, 0) is 68.4 Å². The van der Waals surface area contributed by atoms with Crippen molar-refractivity contribution in [3.63, 3.8) is 0 Å². The van der Waals surface area contributed by atoms with Gasteiger partial charge < -0.3 is 24.9 Å². The van der Waals surface area contributed by atoms with E-state index in [-0.39, 0.29) is 17.6 Å². The fraction of sp³-hybridized carbons (Fsp3) is 0.595. The second kappa shape index (κ2) is 18.7. The summed E-state index contributed by atoms with van der Waals surface area (Å²) in [5, 5.41) is 17.3. The lowest BCUT2D eigenvalue weighted by atomic mass is 9.97. The highest BCUT2D eigenvalue weighted by molar-refractivity contribution is 6.74. The summed E-state index contributed by atoms with van der Waals surface area (Å²) in [6.07, 6.45) is 3.98. The van der Waals surface area contributed by atoms with E-state index in [1.165, 1.54) is 11.9 Å². The number of carbonyl (C=O) groups is 4. The number of fused-ring (bicyclic) bond motifs is 1. The Labute approximate surface area is 328 Å². The number of hydrogen-bond acceptors (Lipinski definition) is 9. The molecule has 0 saturated carbocycles. The largest absolute Gasteiger partial charge is 0.460 e. The maximum atomic E-state index is 14.1. The number of aliphatic hydroxyl groups is 1. The molecule has 1 aromatic carbocycles. The molecule has 2 aromatic rings. The zero-order valence-corrected chi connectivity index (χ0v) is 35.2. The molecule has 3 unspecified atom stereocenters. The van der Waals surface area contributed by atoms with Crippen molar-refractivity contribution in [2.75, 3.05) is 13.2 Å². The van der Waals surface area contributed by atoms with E-state index in [0.29, 0.717) is 30.6 Å². The molecule has 294 valence electrons. The van der Waals surface area contributed by atoms with E-state index in [9.17, 15) is 24.3 Å². The van der Waals surface area contributed by atoms with Crippen molar-refractivity contribution < 1.29 is 33.4 Å². The van der Waals surface area contributed by atoms with E-state index in [1.807, 2.05) is 37.3 Å². The number of ether oxygens (including phenoxy) is 1. The Bertz CT molecular complexity index is 1650. The van der Waals surface area contributed by atoms with Gasteiger partial charge >= 0.3 is 5.97 Å². The number of halogens is 3. The third-order valence-corrected chi connectivity index (χ3v) is 14.5. The number of hydrogen-bond donors (Lipinski definition) is 4. The molecule has 1 fully saturated rings. The first-order chi connectivity index (χ1) is 24.5. The third-order valence-electron chi connectivity index (χ3n) is 9.62. The Hall–Kier alpha value is -2.78. The molecule has 12 nitrogen and oxygen atoms in total. The van der Waals surface area contributed by atoms with Crippen LogP contribution in [0.15, 0.2) is 36.4 Å². The molecule has 1 aliphatic heterocycles. The summed E-state index contributed by atoms with van der Waals surface area (Å²) < 4.78 is 9.98. The summed E-state index contributed by atoms with van der Waals surface area (Å²) in [6, 6.07) is 6.58. The van der Waals surface area contributed by atoms with Gasteiger partial charge in [0, 0.05) is 11.9 Å². The van der Waals surface area contributed by atoms with E-state index in [4.69, 9.17) is 44.0 Å². The van der Waals surface area contributed by atoms with Crippen LogP contribution in [0.2, 0.25) is 18.1 Å². The standard InChI is InChI=1S/C37H54Cl3N5O7Si/c1-22(2)31(33(48)41-23(3)34(49)45-18-10-11-29(44-45)35(50)51-21-37(38,39)40)43-32(47)28(24(4)52-53(8,9)36(5,6)7)17-13-25-12-14-26-15-16-27(20-46)42-30(26)19-25/h12-17,19,22-24,28-29,31,44,46H,10-11,18,20-21H2,1-9H3,(H,41,48)(H,43,47)/b17-13+/t23-,24-,28?,29?,31?/m0/s1. The molecular weight excluding hydrogens is 761 g/mol. The van der Waals surface area contributed by atoms with Gasteiger partial charge in [-0.3, -0.25) is 29.2 Å². The van der Waals surface area contributed by atoms with Crippen molar-refractivity contribution in [3.05, 3.63) is 47.7 Å². The van der Waals surface area contributed by atoms with Crippen molar-refractivity contribution in [1.29, 1.82) is 0 Å².